The minimum absolute atomic E-state index is 0.0567. The fourth-order valence-electron chi connectivity index (χ4n) is 2.69. The molecule has 30 heavy (non-hydrogen) atoms. The van der Waals surface area contributed by atoms with Crippen molar-refractivity contribution >= 4 is 25.9 Å². The summed E-state index contributed by atoms with van der Waals surface area (Å²) >= 11 is 0. The van der Waals surface area contributed by atoms with Crippen molar-refractivity contribution in [3.05, 3.63) is 41.7 Å². The number of aromatic nitrogens is 3. The van der Waals surface area contributed by atoms with Gasteiger partial charge in [-0.1, -0.05) is 35.0 Å². The van der Waals surface area contributed by atoms with Gasteiger partial charge in [-0.2, -0.15) is 17.0 Å². The molecular formula is C17H24N6O5S2. The Hall–Kier alpha value is -2.35. The first-order chi connectivity index (χ1) is 14.1. The highest BCUT2D eigenvalue weighted by Gasteiger charge is 2.41. The average molecular weight is 457 g/mol. The molecule has 1 saturated carbocycles. The predicted molar refractivity (Wildman–Crippen MR) is 110 cm³/mol. The van der Waals surface area contributed by atoms with Crippen molar-refractivity contribution in [3.63, 3.8) is 0 Å². The van der Waals surface area contributed by atoms with Crippen LogP contribution in [0.25, 0.3) is 0 Å². The highest BCUT2D eigenvalue weighted by Crippen LogP contribution is 2.31. The van der Waals surface area contributed by atoms with Crippen molar-refractivity contribution < 1.29 is 21.7 Å². The summed E-state index contributed by atoms with van der Waals surface area (Å²) in [4.78, 5) is 8.68. The molecule has 11 nitrogen and oxygen atoms in total. The molecule has 0 spiro atoms. The molecule has 164 valence electrons. The van der Waals surface area contributed by atoms with Crippen LogP contribution in [0.4, 0.5) is 0 Å². The normalized spacial score (nSPS) is 15.7. The highest BCUT2D eigenvalue weighted by atomic mass is 32.2. The van der Waals surface area contributed by atoms with Gasteiger partial charge in [0.2, 0.25) is 0 Å². The van der Waals surface area contributed by atoms with E-state index in [9.17, 15) is 16.8 Å². The molecule has 0 bridgehead atoms. The maximum absolute atomic E-state index is 13.2. The van der Waals surface area contributed by atoms with E-state index in [2.05, 4.69) is 15.2 Å². The monoisotopic (exact) mass is 456 g/mol. The molecule has 2 aromatic rings. The zero-order valence-electron chi connectivity index (χ0n) is 17.1. The maximum atomic E-state index is 13.2. The van der Waals surface area contributed by atoms with Crippen LogP contribution in [0.15, 0.2) is 40.9 Å². The maximum Gasteiger partial charge on any atom is 0.323 e. The lowest BCUT2D eigenvalue weighted by atomic mass is 10.1. The zero-order chi connectivity index (χ0) is 22.1. The Morgan fingerprint density at radius 1 is 1.20 bits per heavy atom. The number of nitrogens with zero attached hydrogens (tertiary/aromatic N) is 6. The van der Waals surface area contributed by atoms with Crippen LogP contribution >= 0.6 is 0 Å². The molecule has 1 aliphatic rings. The van der Waals surface area contributed by atoms with Gasteiger partial charge in [0, 0.05) is 25.7 Å². The van der Waals surface area contributed by atoms with Gasteiger partial charge >= 0.3 is 10.2 Å². The molecule has 1 aromatic heterocycles. The summed E-state index contributed by atoms with van der Waals surface area (Å²) in [7, 11) is -4.12. The lowest BCUT2D eigenvalue weighted by Gasteiger charge is -2.21. The minimum atomic E-state index is -4.16. The van der Waals surface area contributed by atoms with E-state index in [0.717, 1.165) is 21.8 Å². The second-order valence-electron chi connectivity index (χ2n) is 7.06. The Bertz CT molecular complexity index is 1140. The lowest BCUT2D eigenvalue weighted by molar-refractivity contribution is 0.212. The Balaban J connectivity index is 1.95. The number of hydrogen-bond donors (Lipinski definition) is 0. The van der Waals surface area contributed by atoms with Crippen molar-refractivity contribution in [2.24, 2.45) is 5.16 Å². The zero-order valence-corrected chi connectivity index (χ0v) is 18.8. The van der Waals surface area contributed by atoms with E-state index >= 15 is 0 Å². The van der Waals surface area contributed by atoms with Gasteiger partial charge in [-0.05, 0) is 19.8 Å². The Morgan fingerprint density at radius 3 is 2.37 bits per heavy atom. The van der Waals surface area contributed by atoms with Gasteiger partial charge in [0.1, 0.15) is 19.1 Å². The highest BCUT2D eigenvalue weighted by molar-refractivity contribution is 7.89. The SMILES string of the molecule is CO/N=C(\CN(C1CC1)S(=O)(=O)c1ncn(S(=O)(=O)N(C)C)n1)c1ccc(C)cc1. The molecule has 1 heterocycles. The lowest BCUT2D eigenvalue weighted by Crippen LogP contribution is -2.38. The summed E-state index contributed by atoms with van der Waals surface area (Å²) in [5.41, 5.74) is 2.20. The standard InChI is InChI=1S/C17H24N6O5S2/c1-13-5-7-14(8-6-13)16(20-28-4)11-22(15-9-10-15)29(24,25)17-18-12-23(19-17)30(26,27)21(2)3/h5-8,12,15H,9-11H2,1-4H3/b20-16+. The number of aryl methyl sites for hydroxylation is 1. The van der Waals surface area contributed by atoms with Crippen LogP contribution < -0.4 is 0 Å². The Labute approximate surface area is 176 Å². The Kier molecular flexibility index (Phi) is 6.26. The van der Waals surface area contributed by atoms with E-state index in [1.165, 1.54) is 25.5 Å². The third-order valence-electron chi connectivity index (χ3n) is 4.53. The molecule has 0 saturated heterocycles. The van der Waals surface area contributed by atoms with Crippen LogP contribution in [0.3, 0.4) is 0 Å². The molecular weight excluding hydrogens is 432 g/mol. The van der Waals surface area contributed by atoms with Crippen LogP contribution in [0, 0.1) is 6.92 Å². The first kappa shape index (κ1) is 22.3. The second-order valence-corrected chi connectivity index (χ2v) is 10.8. The van der Waals surface area contributed by atoms with E-state index in [0.29, 0.717) is 22.6 Å². The quantitative estimate of drug-likeness (QED) is 0.396. The van der Waals surface area contributed by atoms with E-state index < -0.39 is 25.4 Å². The van der Waals surface area contributed by atoms with Crippen molar-refractivity contribution in [2.45, 2.75) is 31.0 Å². The van der Waals surface area contributed by atoms with Gasteiger partial charge in [-0.3, -0.25) is 0 Å². The number of sulfonamides is 1. The van der Waals surface area contributed by atoms with Crippen LogP contribution in [0.1, 0.15) is 24.0 Å². The summed E-state index contributed by atoms with van der Waals surface area (Å²) in [5, 5.41) is 7.15. The third-order valence-corrected chi connectivity index (χ3v) is 7.80. The van der Waals surface area contributed by atoms with Crippen LogP contribution in [0.5, 0.6) is 0 Å². The van der Waals surface area contributed by atoms with E-state index in [4.69, 9.17) is 4.84 Å². The molecule has 0 amide bonds. The Morgan fingerprint density at radius 2 is 1.83 bits per heavy atom. The molecule has 0 radical (unpaired) electrons. The summed E-state index contributed by atoms with van der Waals surface area (Å²) < 4.78 is 53.6. The summed E-state index contributed by atoms with van der Waals surface area (Å²) in [6, 6.07) is 7.22. The van der Waals surface area contributed by atoms with Crippen molar-refractivity contribution in [3.8, 4) is 0 Å². The average Bonchev–Trinajstić information content (AvgIpc) is 3.38. The van der Waals surface area contributed by atoms with Crippen LogP contribution in [-0.2, 0) is 25.1 Å². The molecule has 0 N–H and O–H groups in total. The number of hydrogen-bond acceptors (Lipinski definition) is 8. The number of rotatable bonds is 9. The van der Waals surface area contributed by atoms with Gasteiger partial charge in [0.15, 0.2) is 0 Å². The van der Waals surface area contributed by atoms with E-state index in [1.807, 2.05) is 31.2 Å². The summed E-state index contributed by atoms with van der Waals surface area (Å²) in [6.07, 6.45) is 2.24. The molecule has 0 aliphatic heterocycles. The molecule has 1 aliphatic carbocycles. The van der Waals surface area contributed by atoms with Gasteiger partial charge < -0.3 is 4.84 Å². The summed E-state index contributed by atoms with van der Waals surface area (Å²) in [5.74, 6) is 0. The summed E-state index contributed by atoms with van der Waals surface area (Å²) in [6.45, 7) is 1.89. The van der Waals surface area contributed by atoms with E-state index in [-0.39, 0.29) is 12.6 Å². The second kappa shape index (κ2) is 8.41. The molecule has 3 rings (SSSR count). The largest absolute Gasteiger partial charge is 0.399 e. The minimum Gasteiger partial charge on any atom is -0.399 e. The van der Waals surface area contributed by atoms with Gasteiger partial charge in [-0.25, -0.2) is 13.4 Å². The van der Waals surface area contributed by atoms with E-state index in [1.54, 1.807) is 0 Å². The van der Waals surface area contributed by atoms with Crippen molar-refractivity contribution in [1.29, 1.82) is 0 Å². The molecule has 13 heteroatoms. The smallest absolute Gasteiger partial charge is 0.323 e. The number of benzene rings is 1. The van der Waals surface area contributed by atoms with Gasteiger partial charge in [0.05, 0.1) is 6.54 Å². The first-order valence-electron chi connectivity index (χ1n) is 9.11. The molecule has 0 atom stereocenters. The van der Waals surface area contributed by atoms with Crippen LogP contribution in [0.2, 0.25) is 0 Å². The van der Waals surface area contributed by atoms with Crippen molar-refractivity contribution in [2.75, 3.05) is 27.7 Å². The predicted octanol–water partition coefficient (Wildman–Crippen LogP) is 0.445. The molecule has 1 fully saturated rings. The topological polar surface area (TPSA) is 127 Å². The fraction of sp³-hybridized carbons (Fsp3) is 0.471. The number of oxime groups is 1. The fourth-order valence-corrected chi connectivity index (χ4v) is 4.90. The first-order valence-corrected chi connectivity index (χ1v) is 11.9. The third kappa shape index (κ3) is 4.53. The van der Waals surface area contributed by atoms with Gasteiger partial charge in [0.25, 0.3) is 15.2 Å². The molecule has 0 unspecified atom stereocenters. The van der Waals surface area contributed by atoms with Crippen LogP contribution in [-0.4, -0.2) is 79.1 Å². The van der Waals surface area contributed by atoms with Crippen molar-refractivity contribution in [1.82, 2.24) is 22.8 Å². The van der Waals surface area contributed by atoms with Gasteiger partial charge in [-0.15, -0.1) is 9.19 Å². The molecule has 1 aromatic carbocycles.